The molecule has 92 valence electrons. The molecule has 6 heteroatoms. The number of carboxylic acids is 1. The fourth-order valence-electron chi connectivity index (χ4n) is 1.45. The molecule has 0 saturated carbocycles. The summed E-state index contributed by atoms with van der Waals surface area (Å²) in [6.07, 6.45) is 0. The zero-order valence-corrected chi connectivity index (χ0v) is 9.65. The van der Waals surface area contributed by atoms with Crippen LogP contribution in [-0.2, 0) is 14.3 Å². The Labute approximate surface area is 94.6 Å². The van der Waals surface area contributed by atoms with Crippen LogP contribution < -0.4 is 5.32 Å². The molecule has 0 aromatic carbocycles. The van der Waals surface area contributed by atoms with E-state index < -0.39 is 5.97 Å². The number of rotatable bonds is 6. The molecular formula is C10H18N2O4. The number of hydrogen-bond donors (Lipinski definition) is 2. The first kappa shape index (κ1) is 12.9. The van der Waals surface area contributed by atoms with E-state index in [-0.39, 0.29) is 24.7 Å². The summed E-state index contributed by atoms with van der Waals surface area (Å²) in [5.74, 6) is -1.29. The average molecular weight is 230 g/mol. The van der Waals surface area contributed by atoms with Gasteiger partial charge in [-0.2, -0.15) is 0 Å². The average Bonchev–Trinajstić information content (AvgIpc) is 2.19. The number of nitrogens with zero attached hydrogens (tertiary/aromatic N) is 1. The van der Waals surface area contributed by atoms with Crippen LogP contribution in [0.2, 0.25) is 0 Å². The maximum absolute atomic E-state index is 11.6. The Morgan fingerprint density at radius 1 is 1.50 bits per heavy atom. The quantitative estimate of drug-likeness (QED) is 0.630. The van der Waals surface area contributed by atoms with Gasteiger partial charge in [0.05, 0.1) is 5.60 Å². The lowest BCUT2D eigenvalue weighted by Gasteiger charge is -2.39. The number of carbonyl (C=O) groups excluding carboxylic acids is 1. The molecule has 0 aromatic rings. The first-order valence-electron chi connectivity index (χ1n) is 5.31. The van der Waals surface area contributed by atoms with Crippen LogP contribution in [0.15, 0.2) is 0 Å². The number of amides is 1. The Morgan fingerprint density at radius 2 is 2.12 bits per heavy atom. The van der Waals surface area contributed by atoms with Crippen LogP contribution in [0.1, 0.15) is 13.8 Å². The van der Waals surface area contributed by atoms with Crippen molar-refractivity contribution in [3.05, 3.63) is 0 Å². The van der Waals surface area contributed by atoms with Crippen molar-refractivity contribution in [2.75, 3.05) is 32.8 Å². The highest BCUT2D eigenvalue weighted by Gasteiger charge is 2.33. The van der Waals surface area contributed by atoms with Gasteiger partial charge in [-0.3, -0.25) is 9.59 Å². The standard InChI is InChI=1S/C10H18N2O4/c1-3-12(4-9(14)15)8(13)5-16-10(2)6-11-7-10/h11H,3-7H2,1-2H3,(H,14,15). The highest BCUT2D eigenvalue weighted by molar-refractivity contribution is 5.82. The van der Waals surface area contributed by atoms with Gasteiger partial charge in [-0.05, 0) is 13.8 Å². The molecule has 1 rings (SSSR count). The van der Waals surface area contributed by atoms with Crippen molar-refractivity contribution in [1.82, 2.24) is 10.2 Å². The van der Waals surface area contributed by atoms with E-state index in [1.54, 1.807) is 6.92 Å². The number of nitrogens with one attached hydrogen (secondary N) is 1. The van der Waals surface area contributed by atoms with Gasteiger partial charge in [0.1, 0.15) is 13.2 Å². The Bertz CT molecular complexity index is 276. The zero-order chi connectivity index (χ0) is 12.2. The summed E-state index contributed by atoms with van der Waals surface area (Å²) in [5.41, 5.74) is -0.279. The number of aliphatic carboxylic acids is 1. The molecule has 0 radical (unpaired) electrons. The highest BCUT2D eigenvalue weighted by Crippen LogP contribution is 2.14. The van der Waals surface area contributed by atoms with Gasteiger partial charge in [-0.1, -0.05) is 0 Å². The fourth-order valence-corrected chi connectivity index (χ4v) is 1.45. The summed E-state index contributed by atoms with van der Waals surface area (Å²) >= 11 is 0. The van der Waals surface area contributed by atoms with Crippen molar-refractivity contribution in [3.8, 4) is 0 Å². The van der Waals surface area contributed by atoms with Crippen LogP contribution in [-0.4, -0.2) is 60.3 Å². The smallest absolute Gasteiger partial charge is 0.323 e. The molecule has 16 heavy (non-hydrogen) atoms. The summed E-state index contributed by atoms with van der Waals surface area (Å²) in [4.78, 5) is 23.4. The van der Waals surface area contributed by atoms with Crippen molar-refractivity contribution in [1.29, 1.82) is 0 Å². The topological polar surface area (TPSA) is 78.9 Å². The Balaban J connectivity index is 2.34. The summed E-state index contributed by atoms with van der Waals surface area (Å²) in [6.45, 7) is 5.17. The molecule has 1 fully saturated rings. The van der Waals surface area contributed by atoms with Crippen molar-refractivity contribution in [2.24, 2.45) is 0 Å². The molecule has 1 heterocycles. The fraction of sp³-hybridized carbons (Fsp3) is 0.800. The first-order valence-corrected chi connectivity index (χ1v) is 5.31. The minimum absolute atomic E-state index is 0.0563. The van der Waals surface area contributed by atoms with E-state index in [0.29, 0.717) is 6.54 Å². The molecule has 6 nitrogen and oxygen atoms in total. The van der Waals surface area contributed by atoms with Crippen LogP contribution in [0.3, 0.4) is 0 Å². The van der Waals surface area contributed by atoms with Crippen molar-refractivity contribution < 1.29 is 19.4 Å². The number of carbonyl (C=O) groups is 2. The highest BCUT2D eigenvalue weighted by atomic mass is 16.5. The van der Waals surface area contributed by atoms with Crippen LogP contribution >= 0.6 is 0 Å². The molecule has 0 atom stereocenters. The third-order valence-corrected chi connectivity index (χ3v) is 2.60. The third kappa shape index (κ3) is 3.46. The molecule has 0 unspecified atom stereocenters. The largest absolute Gasteiger partial charge is 0.480 e. The van der Waals surface area contributed by atoms with Crippen LogP contribution in [0, 0.1) is 0 Å². The molecule has 1 aliphatic rings. The summed E-state index contributed by atoms with van der Waals surface area (Å²) in [6, 6.07) is 0. The molecule has 1 aliphatic heterocycles. The predicted molar refractivity (Wildman–Crippen MR) is 57.1 cm³/mol. The summed E-state index contributed by atoms with van der Waals surface area (Å²) < 4.78 is 5.44. The van der Waals surface area contributed by atoms with Gasteiger partial charge in [-0.25, -0.2) is 0 Å². The minimum atomic E-state index is -1.01. The van der Waals surface area contributed by atoms with Gasteiger partial charge < -0.3 is 20.1 Å². The van der Waals surface area contributed by atoms with Crippen LogP contribution in [0.25, 0.3) is 0 Å². The van der Waals surface area contributed by atoms with Gasteiger partial charge in [0.15, 0.2) is 0 Å². The summed E-state index contributed by atoms with van der Waals surface area (Å²) in [5, 5.41) is 11.7. The third-order valence-electron chi connectivity index (χ3n) is 2.60. The van der Waals surface area contributed by atoms with E-state index in [2.05, 4.69) is 5.32 Å². The van der Waals surface area contributed by atoms with Gasteiger partial charge in [0, 0.05) is 19.6 Å². The Morgan fingerprint density at radius 3 is 2.50 bits per heavy atom. The molecule has 0 bridgehead atoms. The zero-order valence-electron chi connectivity index (χ0n) is 9.65. The second-order valence-corrected chi connectivity index (χ2v) is 4.14. The van der Waals surface area contributed by atoms with Crippen LogP contribution in [0.5, 0.6) is 0 Å². The lowest BCUT2D eigenvalue weighted by molar-refractivity contribution is -0.151. The second kappa shape index (κ2) is 5.27. The lowest BCUT2D eigenvalue weighted by Crippen LogP contribution is -2.59. The van der Waals surface area contributed by atoms with E-state index >= 15 is 0 Å². The second-order valence-electron chi connectivity index (χ2n) is 4.14. The van der Waals surface area contributed by atoms with E-state index in [1.807, 2.05) is 6.92 Å². The molecule has 2 N–H and O–H groups in total. The van der Waals surface area contributed by atoms with Crippen molar-refractivity contribution >= 4 is 11.9 Å². The van der Waals surface area contributed by atoms with Crippen molar-refractivity contribution in [2.45, 2.75) is 19.4 Å². The molecule has 0 aromatic heterocycles. The molecule has 1 saturated heterocycles. The number of hydrogen-bond acceptors (Lipinski definition) is 4. The SMILES string of the molecule is CCN(CC(=O)O)C(=O)COC1(C)CNC1. The lowest BCUT2D eigenvalue weighted by atomic mass is 10.0. The van der Waals surface area contributed by atoms with Gasteiger partial charge in [0.2, 0.25) is 5.91 Å². The summed E-state index contributed by atoms with van der Waals surface area (Å²) in [7, 11) is 0. The molecular weight excluding hydrogens is 212 g/mol. The van der Waals surface area contributed by atoms with E-state index in [1.165, 1.54) is 4.90 Å². The number of carboxylic acid groups (broad SMARTS) is 1. The maximum Gasteiger partial charge on any atom is 0.323 e. The Hall–Kier alpha value is -1.14. The predicted octanol–water partition coefficient (Wildman–Crippen LogP) is -0.702. The maximum atomic E-state index is 11.6. The number of likely N-dealkylation sites (N-methyl/N-ethyl adjacent to an activating group) is 1. The normalized spacial score (nSPS) is 17.6. The van der Waals surface area contributed by atoms with E-state index in [9.17, 15) is 9.59 Å². The first-order chi connectivity index (χ1) is 7.47. The molecule has 0 aliphatic carbocycles. The number of ether oxygens (including phenoxy) is 1. The Kier molecular flexibility index (Phi) is 4.26. The monoisotopic (exact) mass is 230 g/mol. The molecule has 0 spiro atoms. The van der Waals surface area contributed by atoms with Gasteiger partial charge >= 0.3 is 5.97 Å². The van der Waals surface area contributed by atoms with Gasteiger partial charge in [0.25, 0.3) is 0 Å². The van der Waals surface area contributed by atoms with Crippen LogP contribution in [0.4, 0.5) is 0 Å². The van der Waals surface area contributed by atoms with Gasteiger partial charge in [-0.15, -0.1) is 0 Å². The van der Waals surface area contributed by atoms with E-state index in [4.69, 9.17) is 9.84 Å². The van der Waals surface area contributed by atoms with Crippen molar-refractivity contribution in [3.63, 3.8) is 0 Å². The minimum Gasteiger partial charge on any atom is -0.480 e. The molecule has 1 amide bonds. The van der Waals surface area contributed by atoms with E-state index in [0.717, 1.165) is 13.1 Å².